The number of carboxylic acid groups (broad SMARTS) is 2. The van der Waals surface area contributed by atoms with Crippen LogP contribution in [-0.4, -0.2) is 22.2 Å². The third kappa shape index (κ3) is 5.98. The summed E-state index contributed by atoms with van der Waals surface area (Å²) in [6.07, 6.45) is 13.7. The zero-order valence-corrected chi connectivity index (χ0v) is 19.5. The predicted molar refractivity (Wildman–Crippen MR) is 119 cm³/mol. The lowest BCUT2D eigenvalue weighted by molar-refractivity contribution is -0.184. The molecule has 0 aromatic carbocycles. The predicted octanol–water partition coefficient (Wildman–Crippen LogP) is 7.31. The number of hydrogen-bond donors (Lipinski definition) is 2. The summed E-state index contributed by atoms with van der Waals surface area (Å²) in [5.74, 6) is -1.63. The quantitative estimate of drug-likeness (QED) is 0.232. The lowest BCUT2D eigenvalue weighted by atomic mass is 9.52. The zero-order valence-electron chi connectivity index (χ0n) is 19.5. The summed E-state index contributed by atoms with van der Waals surface area (Å²) < 4.78 is 0. The van der Waals surface area contributed by atoms with Gasteiger partial charge >= 0.3 is 11.9 Å². The van der Waals surface area contributed by atoms with Crippen molar-refractivity contribution < 1.29 is 19.8 Å². The molecule has 1 saturated carbocycles. The lowest BCUT2D eigenvalue weighted by Gasteiger charge is -2.49. The van der Waals surface area contributed by atoms with E-state index in [1.54, 1.807) is 0 Å². The van der Waals surface area contributed by atoms with Crippen LogP contribution < -0.4 is 0 Å². The molecule has 170 valence electrons. The SMILES string of the molecule is CCCCCCCC1(C(=O)O)CCCC(C)C(C)C1(CCCCCCC)C(=O)O. The van der Waals surface area contributed by atoms with Gasteiger partial charge < -0.3 is 10.2 Å². The van der Waals surface area contributed by atoms with Gasteiger partial charge in [0.25, 0.3) is 0 Å². The molecule has 29 heavy (non-hydrogen) atoms. The molecule has 4 nitrogen and oxygen atoms in total. The molecule has 0 heterocycles. The van der Waals surface area contributed by atoms with Gasteiger partial charge in [-0.2, -0.15) is 0 Å². The molecular weight excluding hydrogens is 364 g/mol. The van der Waals surface area contributed by atoms with Crippen LogP contribution >= 0.6 is 0 Å². The highest BCUT2D eigenvalue weighted by Gasteiger charge is 2.64. The highest BCUT2D eigenvalue weighted by Crippen LogP contribution is 2.59. The number of carbonyl (C=O) groups is 2. The summed E-state index contributed by atoms with van der Waals surface area (Å²) >= 11 is 0. The number of hydrogen-bond acceptors (Lipinski definition) is 2. The summed E-state index contributed by atoms with van der Waals surface area (Å²) in [7, 11) is 0. The summed E-state index contributed by atoms with van der Waals surface area (Å²) in [5.41, 5.74) is -2.30. The van der Waals surface area contributed by atoms with Crippen molar-refractivity contribution >= 4 is 11.9 Å². The molecule has 0 saturated heterocycles. The van der Waals surface area contributed by atoms with Gasteiger partial charge in [0.1, 0.15) is 0 Å². The molecule has 1 aliphatic carbocycles. The van der Waals surface area contributed by atoms with Crippen molar-refractivity contribution in [1.29, 1.82) is 0 Å². The Morgan fingerprint density at radius 2 is 1.31 bits per heavy atom. The van der Waals surface area contributed by atoms with Gasteiger partial charge in [-0.15, -0.1) is 0 Å². The Bertz CT molecular complexity index is 503. The van der Waals surface area contributed by atoms with E-state index in [-0.39, 0.29) is 11.8 Å². The first-order valence-corrected chi connectivity index (χ1v) is 12.3. The van der Waals surface area contributed by atoms with Crippen molar-refractivity contribution in [2.24, 2.45) is 22.7 Å². The fourth-order valence-corrected chi connectivity index (χ4v) is 5.88. The highest BCUT2D eigenvalue weighted by molar-refractivity contribution is 5.87. The maximum absolute atomic E-state index is 12.9. The molecule has 0 amide bonds. The number of aliphatic carboxylic acids is 2. The van der Waals surface area contributed by atoms with Crippen molar-refractivity contribution in [2.45, 2.75) is 124 Å². The molecule has 4 unspecified atom stereocenters. The Labute approximate surface area is 178 Å². The molecule has 1 aliphatic rings. The van der Waals surface area contributed by atoms with Crippen LogP contribution in [-0.2, 0) is 9.59 Å². The van der Waals surface area contributed by atoms with Gasteiger partial charge in [-0.3, -0.25) is 9.59 Å². The smallest absolute Gasteiger partial charge is 0.311 e. The van der Waals surface area contributed by atoms with Gasteiger partial charge in [0.2, 0.25) is 0 Å². The van der Waals surface area contributed by atoms with Gasteiger partial charge in [-0.05, 0) is 31.1 Å². The summed E-state index contributed by atoms with van der Waals surface area (Å²) in [4.78, 5) is 25.7. The Morgan fingerprint density at radius 1 is 0.793 bits per heavy atom. The third-order valence-corrected chi connectivity index (χ3v) is 7.92. The molecule has 0 radical (unpaired) electrons. The average Bonchev–Trinajstić information content (AvgIpc) is 2.78. The molecule has 1 rings (SSSR count). The number of unbranched alkanes of at least 4 members (excludes halogenated alkanes) is 8. The Hall–Kier alpha value is -1.06. The molecule has 1 fully saturated rings. The molecular formula is C25H46O4. The largest absolute Gasteiger partial charge is 0.481 e. The monoisotopic (exact) mass is 410 g/mol. The van der Waals surface area contributed by atoms with E-state index < -0.39 is 22.8 Å². The summed E-state index contributed by atoms with van der Waals surface area (Å²) in [6.45, 7) is 8.48. The minimum atomic E-state index is -1.16. The van der Waals surface area contributed by atoms with Crippen molar-refractivity contribution in [3.05, 3.63) is 0 Å². The van der Waals surface area contributed by atoms with Crippen LogP contribution in [0.2, 0.25) is 0 Å². The Balaban J connectivity index is 3.23. The van der Waals surface area contributed by atoms with E-state index >= 15 is 0 Å². The fraction of sp³-hybridized carbons (Fsp3) is 0.920. The topological polar surface area (TPSA) is 74.6 Å². The second-order valence-corrected chi connectivity index (χ2v) is 9.65. The van der Waals surface area contributed by atoms with Gasteiger partial charge in [-0.1, -0.05) is 105 Å². The minimum Gasteiger partial charge on any atom is -0.481 e. The van der Waals surface area contributed by atoms with Crippen molar-refractivity contribution in [2.75, 3.05) is 0 Å². The number of rotatable bonds is 14. The van der Waals surface area contributed by atoms with E-state index in [9.17, 15) is 19.8 Å². The van der Waals surface area contributed by atoms with E-state index in [0.717, 1.165) is 77.0 Å². The second-order valence-electron chi connectivity index (χ2n) is 9.65. The molecule has 0 spiro atoms. The third-order valence-electron chi connectivity index (χ3n) is 7.92. The lowest BCUT2D eigenvalue weighted by Crippen LogP contribution is -2.56. The van der Waals surface area contributed by atoms with Crippen LogP contribution in [0.4, 0.5) is 0 Å². The van der Waals surface area contributed by atoms with Crippen LogP contribution in [0.15, 0.2) is 0 Å². The molecule has 0 bridgehead atoms. The van der Waals surface area contributed by atoms with Crippen LogP contribution in [0.1, 0.15) is 124 Å². The second kappa shape index (κ2) is 12.6. The fourth-order valence-electron chi connectivity index (χ4n) is 5.88. The van der Waals surface area contributed by atoms with E-state index in [1.807, 2.05) is 6.92 Å². The van der Waals surface area contributed by atoms with E-state index in [1.165, 1.54) is 0 Å². The van der Waals surface area contributed by atoms with Crippen LogP contribution in [0, 0.1) is 22.7 Å². The molecule has 2 N–H and O–H groups in total. The summed E-state index contributed by atoms with van der Waals surface area (Å²) in [5, 5.41) is 21.0. The Morgan fingerprint density at radius 3 is 1.79 bits per heavy atom. The highest BCUT2D eigenvalue weighted by atomic mass is 16.4. The van der Waals surface area contributed by atoms with E-state index in [0.29, 0.717) is 19.3 Å². The maximum Gasteiger partial charge on any atom is 0.311 e. The first kappa shape index (κ1) is 26.0. The van der Waals surface area contributed by atoms with Crippen molar-refractivity contribution in [3.63, 3.8) is 0 Å². The van der Waals surface area contributed by atoms with Crippen LogP contribution in [0.25, 0.3) is 0 Å². The first-order valence-electron chi connectivity index (χ1n) is 12.3. The minimum absolute atomic E-state index is 0.125. The molecule has 0 aliphatic heterocycles. The standard InChI is InChI=1S/C25H46O4/c1-5-7-9-11-13-17-24(22(26)27)18-15-16-20(3)21(4)25(24,23(28)29)19-14-12-10-8-6-2/h20-21H,5-19H2,1-4H3,(H,26,27)(H,28,29). The zero-order chi connectivity index (χ0) is 21.9. The molecule has 0 aromatic heterocycles. The van der Waals surface area contributed by atoms with E-state index in [4.69, 9.17) is 0 Å². The van der Waals surface area contributed by atoms with Crippen LogP contribution in [0.3, 0.4) is 0 Å². The number of carboxylic acids is 2. The molecule has 0 aromatic rings. The van der Waals surface area contributed by atoms with Gasteiger partial charge in [-0.25, -0.2) is 0 Å². The van der Waals surface area contributed by atoms with Crippen molar-refractivity contribution in [3.8, 4) is 0 Å². The van der Waals surface area contributed by atoms with E-state index in [2.05, 4.69) is 20.8 Å². The molecule has 4 heteroatoms. The summed E-state index contributed by atoms with van der Waals surface area (Å²) in [6, 6.07) is 0. The molecule has 4 atom stereocenters. The van der Waals surface area contributed by atoms with Gasteiger partial charge in [0.15, 0.2) is 0 Å². The average molecular weight is 411 g/mol. The maximum atomic E-state index is 12.9. The van der Waals surface area contributed by atoms with Gasteiger partial charge in [0.05, 0.1) is 10.8 Å². The first-order chi connectivity index (χ1) is 13.8. The van der Waals surface area contributed by atoms with Crippen LogP contribution in [0.5, 0.6) is 0 Å². The Kier molecular flexibility index (Phi) is 11.3. The van der Waals surface area contributed by atoms with Gasteiger partial charge in [0, 0.05) is 0 Å². The van der Waals surface area contributed by atoms with Crippen molar-refractivity contribution in [1.82, 2.24) is 0 Å². The normalized spacial score (nSPS) is 30.1.